The minimum atomic E-state index is 0.538. The Morgan fingerprint density at radius 3 is 2.88 bits per heavy atom. The third-order valence-electron chi connectivity index (χ3n) is 6.32. The van der Waals surface area contributed by atoms with Crippen LogP contribution in [0.4, 0.5) is 11.6 Å². The molecule has 0 spiro atoms. The Kier molecular flexibility index (Phi) is 4.72. The van der Waals surface area contributed by atoms with Gasteiger partial charge in [-0.3, -0.25) is 0 Å². The topological polar surface area (TPSA) is 72.2 Å². The first kappa shape index (κ1) is 19.2. The van der Waals surface area contributed by atoms with Gasteiger partial charge in [0, 0.05) is 38.0 Å². The van der Waals surface area contributed by atoms with Crippen molar-refractivity contribution in [3.05, 3.63) is 66.1 Å². The zero-order valence-corrected chi connectivity index (χ0v) is 18.1. The number of anilines is 2. The van der Waals surface area contributed by atoms with Crippen LogP contribution in [0, 0.1) is 5.92 Å². The van der Waals surface area contributed by atoms with E-state index in [2.05, 4.69) is 57.5 Å². The van der Waals surface area contributed by atoms with Crippen molar-refractivity contribution in [2.45, 2.75) is 19.5 Å². The fraction of sp³-hybridized carbons (Fsp3) is 0.333. The number of nitrogens with zero attached hydrogens (tertiary/aromatic N) is 7. The number of aromatic nitrogens is 5. The number of fused-ring (bicyclic) bond motifs is 4. The van der Waals surface area contributed by atoms with Gasteiger partial charge < -0.3 is 14.5 Å². The van der Waals surface area contributed by atoms with Crippen LogP contribution in [0.5, 0.6) is 0 Å². The molecule has 8 heteroatoms. The van der Waals surface area contributed by atoms with E-state index in [9.17, 15) is 0 Å². The normalized spacial score (nSPS) is 17.4. The average molecular weight is 428 g/mol. The Bertz CT molecular complexity index is 1260. The van der Waals surface area contributed by atoms with Gasteiger partial charge in [-0.1, -0.05) is 35.5 Å². The quantitative estimate of drug-likeness (QED) is 0.484. The van der Waals surface area contributed by atoms with Gasteiger partial charge in [0.25, 0.3) is 0 Å². The highest BCUT2D eigenvalue weighted by Gasteiger charge is 2.25. The van der Waals surface area contributed by atoms with E-state index in [1.807, 2.05) is 29.1 Å². The molecule has 162 valence electrons. The van der Waals surface area contributed by atoms with Gasteiger partial charge in [-0.25, -0.2) is 9.97 Å². The Morgan fingerprint density at radius 2 is 1.97 bits per heavy atom. The number of hydrogen-bond donors (Lipinski definition) is 0. The fourth-order valence-electron chi connectivity index (χ4n) is 4.73. The molecule has 4 heterocycles. The van der Waals surface area contributed by atoms with E-state index in [4.69, 9.17) is 14.7 Å². The van der Waals surface area contributed by atoms with Crippen molar-refractivity contribution in [3.8, 4) is 5.69 Å². The molecule has 2 aliphatic rings. The van der Waals surface area contributed by atoms with Gasteiger partial charge in [0.05, 0.1) is 30.6 Å². The highest BCUT2D eigenvalue weighted by Crippen LogP contribution is 2.31. The Labute approximate surface area is 186 Å². The molecule has 2 aliphatic heterocycles. The predicted molar refractivity (Wildman–Crippen MR) is 123 cm³/mol. The van der Waals surface area contributed by atoms with E-state index in [1.54, 1.807) is 0 Å². The molecule has 4 aromatic rings. The fourth-order valence-corrected chi connectivity index (χ4v) is 4.73. The highest BCUT2D eigenvalue weighted by atomic mass is 16.5. The summed E-state index contributed by atoms with van der Waals surface area (Å²) in [5.74, 6) is 3.26. The van der Waals surface area contributed by atoms with Gasteiger partial charge in [0.15, 0.2) is 11.6 Å². The second-order valence-electron chi connectivity index (χ2n) is 8.58. The first-order chi connectivity index (χ1) is 15.8. The van der Waals surface area contributed by atoms with Crippen molar-refractivity contribution in [1.29, 1.82) is 0 Å². The van der Waals surface area contributed by atoms with Gasteiger partial charge in [-0.2, -0.15) is 4.68 Å². The first-order valence-electron chi connectivity index (χ1n) is 11.0. The van der Waals surface area contributed by atoms with E-state index in [0.29, 0.717) is 12.5 Å². The van der Waals surface area contributed by atoms with Crippen LogP contribution in [0.2, 0.25) is 0 Å². The van der Waals surface area contributed by atoms with Gasteiger partial charge >= 0.3 is 0 Å². The molecule has 8 nitrogen and oxygen atoms in total. The van der Waals surface area contributed by atoms with Crippen molar-refractivity contribution >= 4 is 22.5 Å². The smallest absolute Gasteiger partial charge is 0.153 e. The molecule has 2 aromatic carbocycles. The average Bonchev–Trinajstić information content (AvgIpc) is 3.51. The summed E-state index contributed by atoms with van der Waals surface area (Å²) in [6.07, 6.45) is 2.91. The number of para-hydroxylation sites is 2. The maximum absolute atomic E-state index is 5.58. The molecule has 2 aromatic heterocycles. The summed E-state index contributed by atoms with van der Waals surface area (Å²) in [6, 6.07) is 16.6. The summed E-state index contributed by atoms with van der Waals surface area (Å²) in [6.45, 7) is 3.95. The van der Waals surface area contributed by atoms with Crippen LogP contribution in [0.3, 0.4) is 0 Å². The Balaban J connectivity index is 1.35. The lowest BCUT2D eigenvalue weighted by atomic mass is 10.1. The molecular formula is C24H25N7O. The second kappa shape index (κ2) is 7.87. The maximum atomic E-state index is 5.58. The van der Waals surface area contributed by atoms with Crippen molar-refractivity contribution in [2.24, 2.45) is 5.92 Å². The Morgan fingerprint density at radius 1 is 1.09 bits per heavy atom. The molecular weight excluding hydrogens is 402 g/mol. The zero-order valence-electron chi connectivity index (χ0n) is 18.1. The van der Waals surface area contributed by atoms with Crippen LogP contribution in [-0.2, 0) is 17.8 Å². The summed E-state index contributed by atoms with van der Waals surface area (Å²) in [4.78, 5) is 14.4. The number of ether oxygens (including phenoxy) is 1. The first-order valence-corrected chi connectivity index (χ1v) is 11.0. The summed E-state index contributed by atoms with van der Waals surface area (Å²) in [5, 5.41) is 9.54. The zero-order chi connectivity index (χ0) is 21.5. The highest BCUT2D eigenvalue weighted by molar-refractivity contribution is 5.89. The molecule has 1 saturated heterocycles. The minimum Gasteiger partial charge on any atom is -0.381 e. The molecule has 1 fully saturated rings. The molecule has 0 bridgehead atoms. The largest absolute Gasteiger partial charge is 0.381 e. The van der Waals surface area contributed by atoms with Gasteiger partial charge in [-0.15, -0.1) is 5.10 Å². The summed E-state index contributed by atoms with van der Waals surface area (Å²) in [7, 11) is 2.12. The lowest BCUT2D eigenvalue weighted by molar-refractivity contribution is 0.186. The van der Waals surface area contributed by atoms with Crippen LogP contribution in [0.1, 0.15) is 17.8 Å². The van der Waals surface area contributed by atoms with E-state index >= 15 is 0 Å². The standard InChI is InChI=1S/C24H25N7O/c1-29(13-17-10-11-32-16-17)24-19-7-3-4-8-20(19)26-22(27-24)15-30-14-18-6-2-5-9-21(18)31-23(30)12-25-28-31/h2-9,12,17H,10-11,13-16H2,1H3. The monoisotopic (exact) mass is 427 g/mol. The maximum Gasteiger partial charge on any atom is 0.153 e. The number of rotatable bonds is 5. The summed E-state index contributed by atoms with van der Waals surface area (Å²) >= 11 is 0. The predicted octanol–water partition coefficient (Wildman–Crippen LogP) is 3.20. The molecule has 1 unspecified atom stereocenters. The third kappa shape index (κ3) is 3.36. The Hall–Kier alpha value is -3.52. The lowest BCUT2D eigenvalue weighted by Gasteiger charge is -2.30. The second-order valence-corrected chi connectivity index (χ2v) is 8.58. The van der Waals surface area contributed by atoms with Crippen molar-refractivity contribution < 1.29 is 4.74 Å². The van der Waals surface area contributed by atoms with Gasteiger partial charge in [0.2, 0.25) is 0 Å². The van der Waals surface area contributed by atoms with Crippen molar-refractivity contribution in [3.63, 3.8) is 0 Å². The number of hydrogen-bond acceptors (Lipinski definition) is 7. The van der Waals surface area contributed by atoms with Crippen LogP contribution >= 0.6 is 0 Å². The summed E-state index contributed by atoms with van der Waals surface area (Å²) in [5.41, 5.74) is 3.26. The van der Waals surface area contributed by atoms with E-state index in [1.165, 1.54) is 5.56 Å². The van der Waals surface area contributed by atoms with Gasteiger partial charge in [-0.05, 0) is 30.2 Å². The molecule has 0 aliphatic carbocycles. The van der Waals surface area contributed by atoms with Crippen molar-refractivity contribution in [2.75, 3.05) is 36.6 Å². The van der Waals surface area contributed by atoms with E-state index in [0.717, 1.165) is 66.8 Å². The van der Waals surface area contributed by atoms with Gasteiger partial charge in [0.1, 0.15) is 5.82 Å². The molecule has 32 heavy (non-hydrogen) atoms. The minimum absolute atomic E-state index is 0.538. The van der Waals surface area contributed by atoms with Crippen LogP contribution in [0.15, 0.2) is 54.7 Å². The van der Waals surface area contributed by atoms with Crippen LogP contribution < -0.4 is 9.80 Å². The SMILES string of the molecule is CN(CC1CCOC1)c1nc(CN2Cc3ccccc3-n3nncc32)nc2ccccc12. The van der Waals surface area contributed by atoms with E-state index < -0.39 is 0 Å². The van der Waals surface area contributed by atoms with Crippen LogP contribution in [-0.4, -0.2) is 51.8 Å². The molecule has 0 N–H and O–H groups in total. The van der Waals surface area contributed by atoms with E-state index in [-0.39, 0.29) is 0 Å². The van der Waals surface area contributed by atoms with Crippen LogP contribution in [0.25, 0.3) is 16.6 Å². The summed E-state index contributed by atoms with van der Waals surface area (Å²) < 4.78 is 7.48. The number of benzene rings is 2. The molecule has 0 radical (unpaired) electrons. The van der Waals surface area contributed by atoms with Crippen molar-refractivity contribution in [1.82, 2.24) is 25.0 Å². The third-order valence-corrected chi connectivity index (χ3v) is 6.32. The lowest BCUT2D eigenvalue weighted by Crippen LogP contribution is -2.31. The molecule has 0 amide bonds. The molecule has 1 atom stereocenters. The molecule has 0 saturated carbocycles. The molecule has 6 rings (SSSR count).